The Morgan fingerprint density at radius 3 is 2.44 bits per heavy atom. The lowest BCUT2D eigenvalue weighted by atomic mass is 9.90. The Kier molecular flexibility index (Phi) is 4.31. The number of rotatable bonds is 5. The number of benzene rings is 1. The molecule has 1 aromatic rings. The summed E-state index contributed by atoms with van der Waals surface area (Å²) in [5.74, 6) is -1.21. The van der Waals surface area contributed by atoms with Crippen LogP contribution in [-0.2, 0) is 14.8 Å². The molecule has 1 heterocycles. The highest BCUT2D eigenvalue weighted by molar-refractivity contribution is 7.89. The Labute approximate surface area is 158 Å². The molecule has 2 saturated carbocycles. The molecule has 8 heteroatoms. The number of carbonyl (C=O) groups is 2. The molecule has 0 radical (unpaired) electrons. The van der Waals surface area contributed by atoms with E-state index < -0.39 is 16.0 Å². The van der Waals surface area contributed by atoms with Gasteiger partial charge < -0.3 is 10.0 Å². The molecule has 1 saturated heterocycles. The monoisotopic (exact) mass is 392 g/mol. The van der Waals surface area contributed by atoms with Crippen LogP contribution in [0.1, 0.15) is 48.0 Å². The first-order valence-electron chi connectivity index (χ1n) is 9.37. The lowest BCUT2D eigenvalue weighted by Crippen LogP contribution is -2.40. The van der Waals surface area contributed by atoms with Gasteiger partial charge in [0.1, 0.15) is 0 Å². The van der Waals surface area contributed by atoms with Crippen molar-refractivity contribution in [3.8, 4) is 0 Å². The highest BCUT2D eigenvalue weighted by Gasteiger charge is 2.59. The van der Waals surface area contributed by atoms with Gasteiger partial charge in [-0.1, -0.05) is 6.07 Å². The third kappa shape index (κ3) is 3.48. The summed E-state index contributed by atoms with van der Waals surface area (Å²) < 4.78 is 27.5. The molecule has 4 rings (SSSR count). The van der Waals surface area contributed by atoms with Crippen molar-refractivity contribution < 1.29 is 23.1 Å². The standard InChI is InChI=1S/C19H24N2O5S/c1-12-2-5-14(27(25,26)20-13-3-4-13)10-15(12)17(22)21-8-6-19(7-9-21)11-16(19)18(23)24/h2,5,10,13,16,20H,3-4,6-9,11H2,1H3,(H,23,24). The Hall–Kier alpha value is -1.93. The summed E-state index contributed by atoms with van der Waals surface area (Å²) in [5, 5.41) is 9.19. The fourth-order valence-electron chi connectivity index (χ4n) is 4.06. The summed E-state index contributed by atoms with van der Waals surface area (Å²) in [7, 11) is -3.61. The highest BCUT2D eigenvalue weighted by Crippen LogP contribution is 2.59. The Morgan fingerprint density at radius 1 is 1.22 bits per heavy atom. The zero-order valence-electron chi connectivity index (χ0n) is 15.3. The van der Waals surface area contributed by atoms with Crippen LogP contribution < -0.4 is 4.72 Å². The fraction of sp³-hybridized carbons (Fsp3) is 0.579. The van der Waals surface area contributed by atoms with Gasteiger partial charge in [0.2, 0.25) is 10.0 Å². The van der Waals surface area contributed by atoms with Crippen LogP contribution in [0.3, 0.4) is 0 Å². The number of hydrogen-bond acceptors (Lipinski definition) is 4. The van der Waals surface area contributed by atoms with Crippen molar-refractivity contribution >= 4 is 21.9 Å². The Bertz CT molecular complexity index is 899. The first kappa shape index (κ1) is 18.4. The molecule has 1 amide bonds. The number of aryl methyl sites for hydroxylation is 1. The summed E-state index contributed by atoms with van der Waals surface area (Å²) in [5.41, 5.74) is 0.993. The lowest BCUT2D eigenvalue weighted by molar-refractivity contribution is -0.139. The molecule has 2 N–H and O–H groups in total. The van der Waals surface area contributed by atoms with Crippen molar-refractivity contribution in [2.24, 2.45) is 11.3 Å². The van der Waals surface area contributed by atoms with Gasteiger partial charge in [0.15, 0.2) is 0 Å². The number of piperidine rings is 1. The van der Waals surface area contributed by atoms with Crippen LogP contribution in [0.2, 0.25) is 0 Å². The van der Waals surface area contributed by atoms with E-state index in [0.717, 1.165) is 18.4 Å². The molecule has 3 aliphatic rings. The van der Waals surface area contributed by atoms with Gasteiger partial charge in [0.25, 0.3) is 5.91 Å². The zero-order chi connectivity index (χ0) is 19.4. The predicted octanol–water partition coefficient (Wildman–Crippen LogP) is 1.76. The van der Waals surface area contributed by atoms with E-state index in [0.29, 0.717) is 37.9 Å². The van der Waals surface area contributed by atoms with E-state index >= 15 is 0 Å². The molecule has 7 nitrogen and oxygen atoms in total. The van der Waals surface area contributed by atoms with E-state index in [4.69, 9.17) is 0 Å². The number of hydrogen-bond donors (Lipinski definition) is 2. The van der Waals surface area contributed by atoms with Crippen molar-refractivity contribution in [2.75, 3.05) is 13.1 Å². The molecular formula is C19H24N2O5S. The van der Waals surface area contributed by atoms with Gasteiger partial charge in [0.05, 0.1) is 10.8 Å². The first-order chi connectivity index (χ1) is 12.7. The van der Waals surface area contributed by atoms with Gasteiger partial charge >= 0.3 is 5.97 Å². The van der Waals surface area contributed by atoms with E-state index in [-0.39, 0.29) is 28.2 Å². The average molecular weight is 392 g/mol. The SMILES string of the molecule is Cc1ccc(S(=O)(=O)NC2CC2)cc1C(=O)N1CCC2(CC1)CC2C(=O)O. The molecule has 1 spiro atoms. The molecule has 0 aromatic heterocycles. The number of carboxylic acid groups (broad SMARTS) is 1. The maximum absolute atomic E-state index is 13.0. The van der Waals surface area contributed by atoms with Crippen molar-refractivity contribution in [1.82, 2.24) is 9.62 Å². The van der Waals surface area contributed by atoms with Crippen LogP contribution in [0.4, 0.5) is 0 Å². The molecule has 1 aromatic carbocycles. The number of carbonyl (C=O) groups excluding carboxylic acids is 1. The second kappa shape index (κ2) is 6.31. The van der Waals surface area contributed by atoms with Gasteiger partial charge in [-0.25, -0.2) is 13.1 Å². The molecule has 0 bridgehead atoms. The molecular weight excluding hydrogens is 368 g/mol. The lowest BCUT2D eigenvalue weighted by Gasteiger charge is -2.33. The first-order valence-corrected chi connectivity index (χ1v) is 10.9. The van der Waals surface area contributed by atoms with Gasteiger partial charge in [0, 0.05) is 24.7 Å². The highest BCUT2D eigenvalue weighted by atomic mass is 32.2. The second-order valence-corrected chi connectivity index (χ2v) is 9.84. The third-order valence-electron chi connectivity index (χ3n) is 6.18. The van der Waals surface area contributed by atoms with E-state index in [2.05, 4.69) is 4.72 Å². The minimum absolute atomic E-state index is 0.00876. The molecule has 146 valence electrons. The molecule has 1 atom stereocenters. The number of carboxylic acids is 1. The number of nitrogens with zero attached hydrogens (tertiary/aromatic N) is 1. The summed E-state index contributed by atoms with van der Waals surface area (Å²) in [6.07, 6.45) is 3.78. The fourth-order valence-corrected chi connectivity index (χ4v) is 5.39. The van der Waals surface area contributed by atoms with Crippen molar-refractivity contribution in [1.29, 1.82) is 0 Å². The minimum Gasteiger partial charge on any atom is -0.481 e. The third-order valence-corrected chi connectivity index (χ3v) is 7.70. The Morgan fingerprint density at radius 2 is 1.89 bits per heavy atom. The zero-order valence-corrected chi connectivity index (χ0v) is 16.1. The van der Waals surface area contributed by atoms with Crippen molar-refractivity contribution in [2.45, 2.75) is 50.0 Å². The van der Waals surface area contributed by atoms with Crippen molar-refractivity contribution in [3.05, 3.63) is 29.3 Å². The maximum Gasteiger partial charge on any atom is 0.307 e. The number of likely N-dealkylation sites (tertiary alicyclic amines) is 1. The molecule has 1 unspecified atom stereocenters. The van der Waals surface area contributed by atoms with Crippen LogP contribution in [-0.4, -0.2) is 49.4 Å². The van der Waals surface area contributed by atoms with Gasteiger partial charge in [-0.3, -0.25) is 9.59 Å². The van der Waals surface area contributed by atoms with E-state index in [1.165, 1.54) is 12.1 Å². The number of aliphatic carboxylic acids is 1. The van der Waals surface area contributed by atoms with Crippen LogP contribution in [0.15, 0.2) is 23.1 Å². The second-order valence-electron chi connectivity index (χ2n) is 8.12. The number of amides is 1. The molecule has 3 fully saturated rings. The normalized spacial score (nSPS) is 24.0. The van der Waals surface area contributed by atoms with Crippen molar-refractivity contribution in [3.63, 3.8) is 0 Å². The van der Waals surface area contributed by atoms with Crippen LogP contribution in [0, 0.1) is 18.3 Å². The van der Waals surface area contributed by atoms with Gasteiger partial charge in [-0.2, -0.15) is 0 Å². The minimum atomic E-state index is -3.61. The molecule has 2 aliphatic carbocycles. The summed E-state index contributed by atoms with van der Waals surface area (Å²) in [6, 6.07) is 4.67. The summed E-state index contributed by atoms with van der Waals surface area (Å²) in [6.45, 7) is 2.82. The maximum atomic E-state index is 13.0. The van der Waals surface area contributed by atoms with E-state index in [1.807, 2.05) is 0 Å². The number of nitrogens with one attached hydrogen (secondary N) is 1. The van der Waals surface area contributed by atoms with E-state index in [1.54, 1.807) is 17.9 Å². The van der Waals surface area contributed by atoms with Crippen LogP contribution in [0.25, 0.3) is 0 Å². The van der Waals surface area contributed by atoms with Crippen LogP contribution >= 0.6 is 0 Å². The van der Waals surface area contributed by atoms with Crippen LogP contribution in [0.5, 0.6) is 0 Å². The quantitative estimate of drug-likeness (QED) is 0.795. The predicted molar refractivity (Wildman–Crippen MR) is 97.8 cm³/mol. The average Bonchev–Trinajstić information content (AvgIpc) is 3.53. The summed E-state index contributed by atoms with van der Waals surface area (Å²) >= 11 is 0. The topological polar surface area (TPSA) is 104 Å². The van der Waals surface area contributed by atoms with Gasteiger partial charge in [-0.05, 0) is 62.1 Å². The number of sulfonamides is 1. The molecule has 27 heavy (non-hydrogen) atoms. The largest absolute Gasteiger partial charge is 0.481 e. The Balaban J connectivity index is 1.49. The molecule has 1 aliphatic heterocycles. The smallest absolute Gasteiger partial charge is 0.307 e. The van der Waals surface area contributed by atoms with Gasteiger partial charge in [-0.15, -0.1) is 0 Å². The summed E-state index contributed by atoms with van der Waals surface area (Å²) in [4.78, 5) is 26.0. The van der Waals surface area contributed by atoms with E-state index in [9.17, 15) is 23.1 Å².